The van der Waals surface area contributed by atoms with Gasteiger partial charge in [-0.25, -0.2) is 4.68 Å². The van der Waals surface area contributed by atoms with Gasteiger partial charge in [0.15, 0.2) is 0 Å². The van der Waals surface area contributed by atoms with E-state index in [-0.39, 0.29) is 23.9 Å². The number of hydrogen-bond donors (Lipinski definition) is 0. The van der Waals surface area contributed by atoms with Crippen LogP contribution in [0.1, 0.15) is 26.3 Å². The molecule has 1 aromatic heterocycles. The highest BCUT2D eigenvalue weighted by Gasteiger charge is 2.35. The lowest BCUT2D eigenvalue weighted by atomic mass is 10.1. The summed E-state index contributed by atoms with van der Waals surface area (Å²) in [7, 11) is 1.52. The number of aromatic nitrogens is 2. The van der Waals surface area contributed by atoms with E-state index in [1.807, 2.05) is 0 Å². The van der Waals surface area contributed by atoms with Gasteiger partial charge in [0.05, 0.1) is 17.7 Å². The predicted molar refractivity (Wildman–Crippen MR) is 70.1 cm³/mol. The van der Waals surface area contributed by atoms with Crippen LogP contribution in [0.3, 0.4) is 0 Å². The number of benzene rings is 1. The molecule has 6 nitrogen and oxygen atoms in total. The topological polar surface area (TPSA) is 72.3 Å². The van der Waals surface area contributed by atoms with Gasteiger partial charge >= 0.3 is 0 Å². The summed E-state index contributed by atoms with van der Waals surface area (Å²) in [5.74, 6) is -0.742. The quantitative estimate of drug-likeness (QED) is 0.747. The molecule has 0 aliphatic carbocycles. The molecule has 0 atom stereocenters. The maximum absolute atomic E-state index is 12.2. The molecule has 100 valence electrons. The van der Waals surface area contributed by atoms with Gasteiger partial charge in [-0.1, -0.05) is 12.1 Å². The maximum Gasteiger partial charge on any atom is 0.271 e. The molecule has 3 rings (SSSR count). The van der Waals surface area contributed by atoms with Gasteiger partial charge in [-0.05, 0) is 18.2 Å². The molecule has 0 fully saturated rings. The SMILES string of the molecule is Cn1nccc(CN2C(=O)c3ccccc3C2=O)c1=O. The minimum absolute atomic E-state index is 0.0401. The van der Waals surface area contributed by atoms with Crippen molar-refractivity contribution in [2.24, 2.45) is 7.05 Å². The van der Waals surface area contributed by atoms with Crippen molar-refractivity contribution < 1.29 is 9.59 Å². The molecule has 0 radical (unpaired) electrons. The maximum atomic E-state index is 12.2. The van der Waals surface area contributed by atoms with Crippen LogP contribution in [-0.4, -0.2) is 26.5 Å². The largest absolute Gasteiger partial charge is 0.271 e. The average Bonchev–Trinajstić information content (AvgIpc) is 2.69. The minimum Gasteiger partial charge on any atom is -0.270 e. The smallest absolute Gasteiger partial charge is 0.270 e. The zero-order chi connectivity index (χ0) is 14.3. The van der Waals surface area contributed by atoms with Gasteiger partial charge in [-0.3, -0.25) is 19.3 Å². The van der Waals surface area contributed by atoms with Gasteiger partial charge < -0.3 is 0 Å². The third-order valence-corrected chi connectivity index (χ3v) is 3.29. The summed E-state index contributed by atoms with van der Waals surface area (Å²) < 4.78 is 1.17. The molecular formula is C14H11N3O3. The second-order valence-corrected chi connectivity index (χ2v) is 4.53. The first-order valence-electron chi connectivity index (χ1n) is 6.06. The molecule has 0 saturated heterocycles. The molecule has 2 amide bonds. The van der Waals surface area contributed by atoms with E-state index in [4.69, 9.17) is 0 Å². The lowest BCUT2D eigenvalue weighted by Crippen LogP contribution is -2.33. The molecule has 1 aromatic carbocycles. The molecule has 20 heavy (non-hydrogen) atoms. The zero-order valence-corrected chi connectivity index (χ0v) is 10.7. The van der Waals surface area contributed by atoms with Crippen molar-refractivity contribution >= 4 is 11.8 Å². The van der Waals surface area contributed by atoms with Gasteiger partial charge in [0.1, 0.15) is 0 Å². The molecule has 0 saturated carbocycles. The number of nitrogens with zero attached hydrogens (tertiary/aromatic N) is 3. The number of amides is 2. The van der Waals surface area contributed by atoms with Crippen LogP contribution in [0.4, 0.5) is 0 Å². The normalized spacial score (nSPS) is 13.8. The first-order valence-corrected chi connectivity index (χ1v) is 6.06. The fourth-order valence-corrected chi connectivity index (χ4v) is 2.23. The lowest BCUT2D eigenvalue weighted by Gasteiger charge is -2.13. The van der Waals surface area contributed by atoms with Crippen LogP contribution in [0, 0.1) is 0 Å². The molecule has 0 N–H and O–H groups in total. The number of hydrogen-bond acceptors (Lipinski definition) is 4. The summed E-state index contributed by atoms with van der Waals surface area (Å²) >= 11 is 0. The highest BCUT2D eigenvalue weighted by atomic mass is 16.2. The number of fused-ring (bicyclic) bond motifs is 1. The van der Waals surface area contributed by atoms with E-state index in [0.29, 0.717) is 16.7 Å². The van der Waals surface area contributed by atoms with E-state index >= 15 is 0 Å². The fourth-order valence-electron chi connectivity index (χ4n) is 2.23. The second-order valence-electron chi connectivity index (χ2n) is 4.53. The van der Waals surface area contributed by atoms with Gasteiger partial charge in [-0.15, -0.1) is 0 Å². The van der Waals surface area contributed by atoms with E-state index in [1.54, 1.807) is 24.3 Å². The van der Waals surface area contributed by atoms with Gasteiger partial charge in [0.25, 0.3) is 17.4 Å². The highest BCUT2D eigenvalue weighted by molar-refractivity contribution is 6.21. The highest BCUT2D eigenvalue weighted by Crippen LogP contribution is 2.23. The van der Waals surface area contributed by atoms with Crippen LogP contribution in [0.25, 0.3) is 0 Å². The van der Waals surface area contributed by atoms with Crippen molar-refractivity contribution in [2.45, 2.75) is 6.54 Å². The monoisotopic (exact) mass is 269 g/mol. The molecule has 0 spiro atoms. The van der Waals surface area contributed by atoms with Crippen molar-refractivity contribution in [1.82, 2.24) is 14.7 Å². The average molecular weight is 269 g/mol. The van der Waals surface area contributed by atoms with Crippen LogP contribution >= 0.6 is 0 Å². The Morgan fingerprint density at radius 1 is 1.00 bits per heavy atom. The summed E-state index contributed by atoms with van der Waals surface area (Å²) in [6.45, 7) is -0.0401. The minimum atomic E-state index is -0.371. The summed E-state index contributed by atoms with van der Waals surface area (Å²) in [6.07, 6.45) is 1.47. The predicted octanol–water partition coefficient (Wildman–Crippen LogP) is 0.577. The van der Waals surface area contributed by atoms with Crippen LogP contribution < -0.4 is 5.56 Å². The van der Waals surface area contributed by atoms with E-state index < -0.39 is 0 Å². The Morgan fingerprint density at radius 2 is 1.60 bits per heavy atom. The molecule has 0 bridgehead atoms. The Bertz CT molecular complexity index is 744. The van der Waals surface area contributed by atoms with Crippen LogP contribution in [0.5, 0.6) is 0 Å². The summed E-state index contributed by atoms with van der Waals surface area (Å²) in [4.78, 5) is 37.4. The van der Waals surface area contributed by atoms with Crippen molar-refractivity contribution in [3.8, 4) is 0 Å². The Hall–Kier alpha value is -2.76. The van der Waals surface area contributed by atoms with E-state index in [9.17, 15) is 14.4 Å². The molecule has 6 heteroatoms. The van der Waals surface area contributed by atoms with Gasteiger partial charge in [-0.2, -0.15) is 5.10 Å². The van der Waals surface area contributed by atoms with Crippen LogP contribution in [-0.2, 0) is 13.6 Å². The van der Waals surface area contributed by atoms with Crippen molar-refractivity contribution in [3.05, 3.63) is 63.6 Å². The van der Waals surface area contributed by atoms with Crippen molar-refractivity contribution in [2.75, 3.05) is 0 Å². The van der Waals surface area contributed by atoms with Crippen LogP contribution in [0.15, 0.2) is 41.3 Å². The number of carbonyl (C=O) groups excluding carboxylic acids is 2. The summed E-state index contributed by atoms with van der Waals surface area (Å²) in [5.41, 5.74) is 0.799. The summed E-state index contributed by atoms with van der Waals surface area (Å²) in [5, 5.41) is 3.81. The first kappa shape index (κ1) is 12.3. The van der Waals surface area contributed by atoms with E-state index in [0.717, 1.165) is 4.90 Å². The van der Waals surface area contributed by atoms with E-state index in [2.05, 4.69) is 5.10 Å². The number of imide groups is 1. The van der Waals surface area contributed by atoms with Crippen LogP contribution in [0.2, 0.25) is 0 Å². The number of rotatable bonds is 2. The molecular weight excluding hydrogens is 258 g/mol. The lowest BCUT2D eigenvalue weighted by molar-refractivity contribution is 0.0641. The third-order valence-electron chi connectivity index (χ3n) is 3.29. The Kier molecular flexibility index (Phi) is 2.71. The molecule has 0 unspecified atom stereocenters. The number of carbonyl (C=O) groups is 2. The third kappa shape index (κ3) is 1.73. The van der Waals surface area contributed by atoms with Crippen molar-refractivity contribution in [3.63, 3.8) is 0 Å². The summed E-state index contributed by atoms with van der Waals surface area (Å²) in [6, 6.07) is 8.16. The first-order chi connectivity index (χ1) is 9.59. The standard InChI is InChI=1S/C14H11N3O3/c1-16-12(18)9(6-7-15-16)8-17-13(19)10-4-2-3-5-11(10)14(17)20/h2-7H,8H2,1H3. The number of aryl methyl sites for hydroxylation is 1. The fraction of sp³-hybridized carbons (Fsp3) is 0.143. The van der Waals surface area contributed by atoms with Gasteiger partial charge in [0, 0.05) is 18.8 Å². The Balaban J connectivity index is 1.98. The zero-order valence-electron chi connectivity index (χ0n) is 10.7. The molecule has 1 aliphatic rings. The Morgan fingerprint density at radius 3 is 2.20 bits per heavy atom. The molecule has 2 heterocycles. The van der Waals surface area contributed by atoms with Crippen molar-refractivity contribution in [1.29, 1.82) is 0 Å². The van der Waals surface area contributed by atoms with E-state index in [1.165, 1.54) is 24.0 Å². The second kappa shape index (κ2) is 4.41. The Labute approximate surface area is 114 Å². The molecule has 1 aliphatic heterocycles. The van der Waals surface area contributed by atoms with Gasteiger partial charge in [0.2, 0.25) is 0 Å². The molecule has 2 aromatic rings.